The van der Waals surface area contributed by atoms with E-state index in [4.69, 9.17) is 9.15 Å². The van der Waals surface area contributed by atoms with Crippen LogP contribution < -0.4 is 9.64 Å². The molecule has 1 unspecified atom stereocenters. The molecule has 3 rings (SSSR count). The Morgan fingerprint density at radius 3 is 2.54 bits per heavy atom. The third kappa shape index (κ3) is 4.54. The Morgan fingerprint density at radius 2 is 1.82 bits per heavy atom. The smallest absolute Gasteiger partial charge is 0.277 e. The number of hydrogen-bond donors (Lipinski definition) is 0. The summed E-state index contributed by atoms with van der Waals surface area (Å²) >= 11 is 1.25. The van der Waals surface area contributed by atoms with Gasteiger partial charge in [0.05, 0.1) is 17.4 Å². The third-order valence-electron chi connectivity index (χ3n) is 4.10. The van der Waals surface area contributed by atoms with E-state index >= 15 is 0 Å². The van der Waals surface area contributed by atoms with Gasteiger partial charge in [-0.15, -0.1) is 10.2 Å². The van der Waals surface area contributed by atoms with Crippen molar-refractivity contribution in [1.29, 1.82) is 0 Å². The zero-order valence-corrected chi connectivity index (χ0v) is 17.0. The van der Waals surface area contributed by atoms with Crippen molar-refractivity contribution in [2.45, 2.75) is 31.2 Å². The highest BCUT2D eigenvalue weighted by Gasteiger charge is 2.24. The van der Waals surface area contributed by atoms with Crippen molar-refractivity contribution in [2.24, 2.45) is 0 Å². The highest BCUT2D eigenvalue weighted by Crippen LogP contribution is 2.32. The van der Waals surface area contributed by atoms with E-state index in [9.17, 15) is 4.79 Å². The van der Waals surface area contributed by atoms with Crippen molar-refractivity contribution in [3.05, 3.63) is 54.6 Å². The molecule has 0 aliphatic heterocycles. The van der Waals surface area contributed by atoms with Gasteiger partial charge in [-0.25, -0.2) is 0 Å². The normalized spacial score (nSPS) is 11.8. The molecule has 0 radical (unpaired) electrons. The molecule has 0 saturated heterocycles. The summed E-state index contributed by atoms with van der Waals surface area (Å²) in [5.74, 6) is 1.06. The molecule has 146 valence electrons. The van der Waals surface area contributed by atoms with Gasteiger partial charge in [-0.3, -0.25) is 4.79 Å². The van der Waals surface area contributed by atoms with Crippen molar-refractivity contribution in [3.63, 3.8) is 0 Å². The lowest BCUT2D eigenvalue weighted by atomic mass is 10.2. The number of carbonyl (C=O) groups is 1. The number of hydrogen-bond acceptors (Lipinski definition) is 6. The second-order valence-electron chi connectivity index (χ2n) is 5.98. The number of carbonyl (C=O) groups excluding carboxylic acids is 1. The summed E-state index contributed by atoms with van der Waals surface area (Å²) in [5.41, 5.74) is 1.61. The van der Waals surface area contributed by atoms with Crippen LogP contribution in [0.3, 0.4) is 0 Å². The monoisotopic (exact) mass is 397 g/mol. The maximum Gasteiger partial charge on any atom is 0.277 e. The molecule has 28 heavy (non-hydrogen) atoms. The lowest BCUT2D eigenvalue weighted by Crippen LogP contribution is -2.36. The van der Waals surface area contributed by atoms with Gasteiger partial charge in [-0.05, 0) is 45.0 Å². The molecular weight excluding hydrogens is 374 g/mol. The molecule has 0 spiro atoms. The fourth-order valence-corrected chi connectivity index (χ4v) is 3.53. The van der Waals surface area contributed by atoms with E-state index in [0.717, 1.165) is 11.3 Å². The summed E-state index contributed by atoms with van der Waals surface area (Å²) in [6.07, 6.45) is 0. The molecule has 0 fully saturated rings. The molecular formula is C21H23N3O3S. The Labute approximate surface area is 168 Å². The van der Waals surface area contributed by atoms with E-state index in [0.29, 0.717) is 30.0 Å². The van der Waals surface area contributed by atoms with Gasteiger partial charge in [0, 0.05) is 12.2 Å². The molecule has 7 heteroatoms. The number of rotatable bonds is 8. The van der Waals surface area contributed by atoms with E-state index < -0.39 is 0 Å². The first-order valence-electron chi connectivity index (χ1n) is 9.22. The van der Waals surface area contributed by atoms with Crippen LogP contribution in [0.25, 0.3) is 11.5 Å². The zero-order valence-electron chi connectivity index (χ0n) is 16.2. The van der Waals surface area contributed by atoms with Crippen LogP contribution in [0.15, 0.2) is 64.2 Å². The van der Waals surface area contributed by atoms with Crippen LogP contribution in [0, 0.1) is 0 Å². The Kier molecular flexibility index (Phi) is 6.71. The highest BCUT2D eigenvalue weighted by atomic mass is 32.2. The maximum absolute atomic E-state index is 12.9. The van der Waals surface area contributed by atoms with E-state index in [2.05, 4.69) is 10.2 Å². The number of aromatic nitrogens is 2. The van der Waals surface area contributed by atoms with Crippen LogP contribution in [0.4, 0.5) is 5.69 Å². The Morgan fingerprint density at radius 1 is 1.11 bits per heavy atom. The van der Waals surface area contributed by atoms with Crippen LogP contribution in [0.2, 0.25) is 0 Å². The first-order chi connectivity index (χ1) is 13.6. The van der Waals surface area contributed by atoms with Gasteiger partial charge in [-0.1, -0.05) is 42.1 Å². The van der Waals surface area contributed by atoms with Gasteiger partial charge in [0.15, 0.2) is 0 Å². The van der Waals surface area contributed by atoms with Crippen LogP contribution in [-0.2, 0) is 4.79 Å². The molecule has 3 aromatic rings. The molecule has 1 amide bonds. The molecule has 0 bridgehead atoms. The van der Waals surface area contributed by atoms with E-state index in [1.165, 1.54) is 11.8 Å². The van der Waals surface area contributed by atoms with E-state index in [1.807, 2.05) is 75.4 Å². The predicted octanol–water partition coefficient (Wildman–Crippen LogP) is 4.67. The van der Waals surface area contributed by atoms with E-state index in [-0.39, 0.29) is 11.2 Å². The van der Waals surface area contributed by atoms with Gasteiger partial charge >= 0.3 is 0 Å². The quantitative estimate of drug-likeness (QED) is 0.515. The Balaban J connectivity index is 1.73. The largest absolute Gasteiger partial charge is 0.493 e. The minimum absolute atomic E-state index is 0.00633. The maximum atomic E-state index is 12.9. The van der Waals surface area contributed by atoms with Crippen LogP contribution >= 0.6 is 11.8 Å². The molecule has 1 heterocycles. The lowest BCUT2D eigenvalue weighted by Gasteiger charge is -2.23. The van der Waals surface area contributed by atoms with Gasteiger partial charge in [0.1, 0.15) is 5.75 Å². The number of anilines is 1. The zero-order chi connectivity index (χ0) is 19.9. The Hall–Kier alpha value is -2.80. The topological polar surface area (TPSA) is 68.5 Å². The van der Waals surface area contributed by atoms with Crippen molar-refractivity contribution in [1.82, 2.24) is 10.2 Å². The highest BCUT2D eigenvalue weighted by molar-refractivity contribution is 8.00. The van der Waals surface area contributed by atoms with Crippen LogP contribution in [0.5, 0.6) is 5.75 Å². The standard InChI is InChI=1S/C21H23N3O3S/c1-4-24(16-11-7-6-8-12-16)20(25)15(3)28-21-23-22-19(27-21)17-13-9-10-14-18(17)26-5-2/h6-15H,4-5H2,1-3H3. The molecule has 2 aromatic carbocycles. The van der Waals surface area contributed by atoms with Gasteiger partial charge < -0.3 is 14.1 Å². The summed E-state index contributed by atoms with van der Waals surface area (Å²) in [4.78, 5) is 14.6. The number of ether oxygens (including phenoxy) is 1. The summed E-state index contributed by atoms with van der Waals surface area (Å²) in [5, 5.41) is 8.20. The molecule has 6 nitrogen and oxygen atoms in total. The fourth-order valence-electron chi connectivity index (χ4n) is 2.79. The second kappa shape index (κ2) is 9.41. The van der Waals surface area contributed by atoms with Crippen LogP contribution in [-0.4, -0.2) is 34.5 Å². The van der Waals surface area contributed by atoms with Gasteiger partial charge in [0.2, 0.25) is 5.91 Å². The molecule has 0 aliphatic rings. The van der Waals surface area contributed by atoms with Crippen molar-refractivity contribution in [3.8, 4) is 17.2 Å². The molecule has 1 aromatic heterocycles. The Bertz CT molecular complexity index is 914. The molecule has 1 atom stereocenters. The first-order valence-corrected chi connectivity index (χ1v) is 10.1. The minimum atomic E-state index is -0.365. The summed E-state index contributed by atoms with van der Waals surface area (Å²) in [7, 11) is 0. The summed E-state index contributed by atoms with van der Waals surface area (Å²) in [6.45, 7) is 6.86. The minimum Gasteiger partial charge on any atom is -0.493 e. The number of amides is 1. The lowest BCUT2D eigenvalue weighted by molar-refractivity contribution is -0.117. The fraction of sp³-hybridized carbons (Fsp3) is 0.286. The SMILES string of the molecule is CCOc1ccccc1-c1nnc(SC(C)C(=O)N(CC)c2ccccc2)o1. The molecule has 0 aliphatic carbocycles. The summed E-state index contributed by atoms with van der Waals surface area (Å²) < 4.78 is 11.4. The van der Waals surface area contributed by atoms with Gasteiger partial charge in [0.25, 0.3) is 11.1 Å². The first kappa shape index (κ1) is 19.9. The van der Waals surface area contributed by atoms with E-state index in [1.54, 1.807) is 4.90 Å². The van der Waals surface area contributed by atoms with Crippen molar-refractivity contribution in [2.75, 3.05) is 18.1 Å². The summed E-state index contributed by atoms with van der Waals surface area (Å²) in [6, 6.07) is 17.1. The average Bonchev–Trinajstić information content (AvgIpc) is 3.18. The van der Waals surface area contributed by atoms with Crippen molar-refractivity contribution < 1.29 is 13.9 Å². The van der Waals surface area contributed by atoms with Crippen LogP contribution in [0.1, 0.15) is 20.8 Å². The molecule has 0 saturated carbocycles. The predicted molar refractivity (Wildman–Crippen MR) is 111 cm³/mol. The number of benzene rings is 2. The second-order valence-corrected chi connectivity index (χ2v) is 7.27. The molecule has 0 N–H and O–H groups in total. The number of para-hydroxylation sites is 2. The third-order valence-corrected chi connectivity index (χ3v) is 5.02. The average molecular weight is 398 g/mol. The van der Waals surface area contributed by atoms with Gasteiger partial charge in [-0.2, -0.15) is 0 Å². The number of thioether (sulfide) groups is 1. The number of nitrogens with zero attached hydrogens (tertiary/aromatic N) is 3. The van der Waals surface area contributed by atoms with Crippen molar-refractivity contribution >= 4 is 23.4 Å².